The maximum atomic E-state index is 13.3. The summed E-state index contributed by atoms with van der Waals surface area (Å²) in [5.74, 6) is 0.241. The van der Waals surface area contributed by atoms with Crippen molar-refractivity contribution in [3.8, 4) is 0 Å². The molecule has 8 nitrogen and oxygen atoms in total. The number of ketones is 1. The van der Waals surface area contributed by atoms with E-state index in [0.717, 1.165) is 44.1 Å². The zero-order chi connectivity index (χ0) is 27.3. The number of Topliss-reactive ketones (excluding diaryl/α,β-unsaturated/α-hetero) is 1. The highest BCUT2D eigenvalue weighted by molar-refractivity contribution is 7.89. The number of anilines is 1. The van der Waals surface area contributed by atoms with E-state index in [-0.39, 0.29) is 23.1 Å². The highest BCUT2D eigenvalue weighted by Crippen LogP contribution is 2.38. The van der Waals surface area contributed by atoms with Crippen LogP contribution in [0, 0.1) is 11.8 Å². The molecule has 1 aliphatic carbocycles. The number of methoxy groups -OCH3 is 1. The van der Waals surface area contributed by atoms with Crippen LogP contribution in [0.25, 0.3) is 0 Å². The molecule has 2 aliphatic rings. The van der Waals surface area contributed by atoms with Crippen molar-refractivity contribution < 1.29 is 22.7 Å². The number of hydrogen-bond donors (Lipinski definition) is 2. The van der Waals surface area contributed by atoms with E-state index < -0.39 is 10.0 Å². The van der Waals surface area contributed by atoms with Crippen LogP contribution in [0.1, 0.15) is 70.7 Å². The summed E-state index contributed by atoms with van der Waals surface area (Å²) in [4.78, 5) is 27.6. The monoisotopic (exact) mass is 561 g/mol. The topological polar surface area (TPSA) is 105 Å². The summed E-state index contributed by atoms with van der Waals surface area (Å²) >= 11 is 1.55. The van der Waals surface area contributed by atoms with Crippen LogP contribution < -0.4 is 10.6 Å². The van der Waals surface area contributed by atoms with E-state index in [0.29, 0.717) is 54.2 Å². The number of aryl methyl sites for hydroxylation is 1. The number of nitrogens with zero attached hydrogens (tertiary/aromatic N) is 1. The predicted molar refractivity (Wildman–Crippen MR) is 151 cm³/mol. The third kappa shape index (κ3) is 6.65. The molecule has 38 heavy (non-hydrogen) atoms. The van der Waals surface area contributed by atoms with Crippen LogP contribution >= 0.6 is 11.3 Å². The van der Waals surface area contributed by atoms with Gasteiger partial charge in [0.05, 0.1) is 17.0 Å². The lowest BCUT2D eigenvalue weighted by atomic mass is 9.94. The standard InChI is InChI=1S/C28H39N3O5S2/c1-19-14-20(2)18-31(17-19)38(34,35)22-9-6-8-21(15-22)24(32)16-30-28-26(27(33)29-12-7-13-36-3)23-10-4-5-11-25(23)37-28/h6,8-9,15,19-20,30H,4-5,7,10-14,16-18H2,1-3H3,(H,29,33). The Morgan fingerprint density at radius 1 is 1.13 bits per heavy atom. The van der Waals surface area contributed by atoms with Crippen molar-refractivity contribution in [2.45, 2.75) is 57.3 Å². The molecule has 2 aromatic rings. The van der Waals surface area contributed by atoms with E-state index in [1.807, 2.05) is 0 Å². The van der Waals surface area contributed by atoms with Gasteiger partial charge in [0.15, 0.2) is 5.78 Å². The van der Waals surface area contributed by atoms with E-state index in [2.05, 4.69) is 24.5 Å². The SMILES string of the molecule is COCCCNC(=O)c1c(NCC(=O)c2cccc(S(=O)(=O)N3CC(C)CC(C)C3)c2)sc2c1CCCC2. The van der Waals surface area contributed by atoms with Crippen LogP contribution in [0.5, 0.6) is 0 Å². The maximum absolute atomic E-state index is 13.3. The molecule has 2 atom stereocenters. The molecular formula is C28H39N3O5S2. The zero-order valence-corrected chi connectivity index (χ0v) is 24.2. The van der Waals surface area contributed by atoms with Crippen molar-refractivity contribution in [2.24, 2.45) is 11.8 Å². The third-order valence-electron chi connectivity index (χ3n) is 7.25. The summed E-state index contributed by atoms with van der Waals surface area (Å²) in [6, 6.07) is 6.31. The van der Waals surface area contributed by atoms with Gasteiger partial charge in [0.2, 0.25) is 10.0 Å². The summed E-state index contributed by atoms with van der Waals surface area (Å²) < 4.78 is 33.3. The number of fused-ring (bicyclic) bond motifs is 1. The Kier molecular flexibility index (Phi) is 9.62. The molecule has 1 aromatic heterocycles. The average molecular weight is 562 g/mol. The van der Waals surface area contributed by atoms with Crippen molar-refractivity contribution in [3.05, 3.63) is 45.8 Å². The molecular weight excluding hydrogens is 522 g/mol. The first-order valence-corrected chi connectivity index (χ1v) is 15.7. The lowest BCUT2D eigenvalue weighted by molar-refractivity contribution is 0.0946. The number of sulfonamides is 1. The van der Waals surface area contributed by atoms with E-state index in [4.69, 9.17) is 4.74 Å². The summed E-state index contributed by atoms with van der Waals surface area (Å²) in [7, 11) is -2.05. The van der Waals surface area contributed by atoms with Gasteiger partial charge in [-0.2, -0.15) is 4.31 Å². The van der Waals surface area contributed by atoms with E-state index in [1.54, 1.807) is 41.0 Å². The van der Waals surface area contributed by atoms with Crippen molar-refractivity contribution in [1.82, 2.24) is 9.62 Å². The summed E-state index contributed by atoms with van der Waals surface area (Å²) in [6.07, 6.45) is 5.67. The van der Waals surface area contributed by atoms with Crippen LogP contribution in [0.3, 0.4) is 0 Å². The molecule has 1 fully saturated rings. The number of hydrogen-bond acceptors (Lipinski definition) is 7. The minimum absolute atomic E-state index is 0.0232. The highest BCUT2D eigenvalue weighted by Gasteiger charge is 2.32. The molecule has 0 radical (unpaired) electrons. The zero-order valence-electron chi connectivity index (χ0n) is 22.5. The van der Waals surface area contributed by atoms with Crippen molar-refractivity contribution in [1.29, 1.82) is 0 Å². The van der Waals surface area contributed by atoms with Gasteiger partial charge in [-0.15, -0.1) is 11.3 Å². The lowest BCUT2D eigenvalue weighted by Crippen LogP contribution is -2.42. The molecule has 1 amide bonds. The van der Waals surface area contributed by atoms with Gasteiger partial charge in [0, 0.05) is 43.8 Å². The van der Waals surface area contributed by atoms with Crippen LogP contribution in [-0.2, 0) is 27.6 Å². The predicted octanol–water partition coefficient (Wildman–Crippen LogP) is 4.35. The molecule has 2 heterocycles. The Morgan fingerprint density at radius 2 is 1.87 bits per heavy atom. The van der Waals surface area contributed by atoms with Gasteiger partial charge < -0.3 is 15.4 Å². The van der Waals surface area contributed by atoms with E-state index in [1.165, 1.54) is 10.9 Å². The third-order valence-corrected chi connectivity index (χ3v) is 10.3. The van der Waals surface area contributed by atoms with Crippen LogP contribution in [0.15, 0.2) is 29.2 Å². The lowest BCUT2D eigenvalue weighted by Gasteiger charge is -2.34. The van der Waals surface area contributed by atoms with Crippen LogP contribution in [-0.4, -0.2) is 64.3 Å². The van der Waals surface area contributed by atoms with Gasteiger partial charge in [-0.1, -0.05) is 26.0 Å². The first-order valence-electron chi connectivity index (χ1n) is 13.5. The number of piperidine rings is 1. The largest absolute Gasteiger partial charge is 0.385 e. The van der Waals surface area contributed by atoms with Gasteiger partial charge >= 0.3 is 0 Å². The molecule has 2 N–H and O–H groups in total. The number of carbonyl (C=O) groups excluding carboxylic acids is 2. The molecule has 0 bridgehead atoms. The number of thiophene rings is 1. The highest BCUT2D eigenvalue weighted by atomic mass is 32.2. The first-order chi connectivity index (χ1) is 18.2. The Hall–Kier alpha value is -2.27. The fourth-order valence-corrected chi connectivity index (χ4v) is 8.49. The quantitative estimate of drug-likeness (QED) is 0.312. The van der Waals surface area contributed by atoms with Gasteiger partial charge in [-0.25, -0.2) is 8.42 Å². The molecule has 1 aliphatic heterocycles. The van der Waals surface area contributed by atoms with Crippen LogP contribution in [0.4, 0.5) is 5.00 Å². The molecule has 2 unspecified atom stereocenters. The minimum atomic E-state index is -3.68. The second-order valence-electron chi connectivity index (χ2n) is 10.6. The number of benzene rings is 1. The Labute approximate surface area is 230 Å². The van der Waals surface area contributed by atoms with Crippen molar-refractivity contribution in [3.63, 3.8) is 0 Å². The fourth-order valence-electron chi connectivity index (χ4n) is 5.48. The number of amides is 1. The van der Waals surface area contributed by atoms with E-state index in [9.17, 15) is 18.0 Å². The molecule has 10 heteroatoms. The van der Waals surface area contributed by atoms with Crippen molar-refractivity contribution >= 4 is 38.1 Å². The Balaban J connectivity index is 1.48. The smallest absolute Gasteiger partial charge is 0.254 e. The fraction of sp³-hybridized carbons (Fsp3) is 0.571. The molecule has 1 aromatic carbocycles. The molecule has 1 saturated heterocycles. The van der Waals surface area contributed by atoms with Crippen LogP contribution in [0.2, 0.25) is 0 Å². The molecule has 0 spiro atoms. The second kappa shape index (κ2) is 12.7. The number of ether oxygens (including phenoxy) is 1. The number of nitrogens with one attached hydrogen (secondary N) is 2. The first kappa shape index (κ1) is 28.7. The summed E-state index contributed by atoms with van der Waals surface area (Å²) in [5.41, 5.74) is 2.06. The Bertz CT molecular complexity index is 1250. The molecule has 208 valence electrons. The van der Waals surface area contributed by atoms with Gasteiger partial charge in [0.25, 0.3) is 5.91 Å². The summed E-state index contributed by atoms with van der Waals surface area (Å²) in [5, 5.41) is 6.89. The molecule has 4 rings (SSSR count). The van der Waals surface area contributed by atoms with Crippen molar-refractivity contribution in [2.75, 3.05) is 45.2 Å². The second-order valence-corrected chi connectivity index (χ2v) is 13.6. The maximum Gasteiger partial charge on any atom is 0.254 e. The number of carbonyl (C=O) groups is 2. The number of rotatable bonds is 11. The molecule has 0 saturated carbocycles. The van der Waals surface area contributed by atoms with Gasteiger partial charge in [-0.05, 0) is 68.1 Å². The average Bonchev–Trinajstić information content (AvgIpc) is 3.27. The normalized spacial score (nSPS) is 20.1. The minimum Gasteiger partial charge on any atom is -0.385 e. The van der Waals surface area contributed by atoms with Gasteiger partial charge in [0.1, 0.15) is 5.00 Å². The summed E-state index contributed by atoms with van der Waals surface area (Å²) in [6.45, 7) is 6.20. The van der Waals surface area contributed by atoms with Gasteiger partial charge in [-0.3, -0.25) is 9.59 Å². The Morgan fingerprint density at radius 3 is 2.61 bits per heavy atom. The van der Waals surface area contributed by atoms with E-state index >= 15 is 0 Å².